The van der Waals surface area contributed by atoms with E-state index in [4.69, 9.17) is 10.5 Å². The van der Waals surface area contributed by atoms with Gasteiger partial charge in [0, 0.05) is 6.54 Å². The van der Waals surface area contributed by atoms with Crippen molar-refractivity contribution in [3.8, 4) is 0 Å². The molecule has 0 radical (unpaired) electrons. The number of likely N-dealkylation sites (tertiary alicyclic amines) is 1. The second kappa shape index (κ2) is 8.56. The highest BCUT2D eigenvalue weighted by atomic mass is 32.1. The van der Waals surface area contributed by atoms with E-state index >= 15 is 0 Å². The summed E-state index contributed by atoms with van der Waals surface area (Å²) in [6, 6.07) is 1.48. The number of fused-ring (bicyclic) bond motifs is 1. The molecule has 29 heavy (non-hydrogen) atoms. The molecular formula is C19H21N3O6S. The lowest BCUT2D eigenvalue weighted by Gasteiger charge is -2.16. The molecule has 0 aromatic carbocycles. The highest BCUT2D eigenvalue weighted by Crippen LogP contribution is 2.35. The Balaban J connectivity index is 1.49. The Morgan fingerprint density at radius 2 is 1.86 bits per heavy atom. The Morgan fingerprint density at radius 3 is 2.45 bits per heavy atom. The highest BCUT2D eigenvalue weighted by Gasteiger charge is 2.47. The molecule has 1 aliphatic heterocycles. The normalized spacial score (nSPS) is 21.6. The number of amides is 4. The first kappa shape index (κ1) is 20.7. The van der Waals surface area contributed by atoms with Gasteiger partial charge >= 0.3 is 5.97 Å². The van der Waals surface area contributed by atoms with E-state index in [0.717, 1.165) is 16.2 Å². The summed E-state index contributed by atoms with van der Waals surface area (Å²) in [4.78, 5) is 61.4. The number of carbonyl (C=O) groups excluding carboxylic acids is 5. The number of nitrogens with one attached hydrogen (secondary N) is 1. The summed E-state index contributed by atoms with van der Waals surface area (Å²) in [7, 11) is 0. The first-order valence-corrected chi connectivity index (χ1v) is 10.1. The third kappa shape index (κ3) is 4.37. The fourth-order valence-corrected chi connectivity index (χ4v) is 4.21. The Labute approximate surface area is 170 Å². The van der Waals surface area contributed by atoms with E-state index in [9.17, 15) is 24.0 Å². The Morgan fingerprint density at radius 1 is 1.24 bits per heavy atom. The standard InChI is InChI=1S/C19H21N3O6S/c1-10(16(25)21-17-13(15(20)24)7-9-29-17)28-14(23)6-8-22-18(26)11-4-2-3-5-12(11)19(22)27/h2-3,7,9-12H,4-6,8H2,1H3,(H2,20,24)(H,21,25)/t10-,11-,12+/m0/s1. The largest absolute Gasteiger partial charge is 0.452 e. The maximum absolute atomic E-state index is 12.4. The summed E-state index contributed by atoms with van der Waals surface area (Å²) in [6.45, 7) is 1.31. The van der Waals surface area contributed by atoms with Gasteiger partial charge in [0.2, 0.25) is 11.8 Å². The smallest absolute Gasteiger partial charge is 0.308 e. The predicted octanol–water partition coefficient (Wildman–Crippen LogP) is 1.06. The van der Waals surface area contributed by atoms with Gasteiger partial charge < -0.3 is 15.8 Å². The van der Waals surface area contributed by atoms with Gasteiger partial charge in [0.1, 0.15) is 5.00 Å². The Hall–Kier alpha value is -3.01. The molecule has 3 atom stereocenters. The minimum absolute atomic E-state index is 0.0748. The third-order valence-electron chi connectivity index (χ3n) is 4.98. The number of nitrogens with two attached hydrogens (primary N) is 1. The van der Waals surface area contributed by atoms with Crippen LogP contribution in [0.4, 0.5) is 5.00 Å². The summed E-state index contributed by atoms with van der Waals surface area (Å²) in [5.74, 6) is -3.23. The predicted molar refractivity (Wildman–Crippen MR) is 104 cm³/mol. The van der Waals surface area contributed by atoms with E-state index in [1.54, 1.807) is 5.38 Å². The lowest BCUT2D eigenvalue weighted by Crippen LogP contribution is -2.35. The van der Waals surface area contributed by atoms with Gasteiger partial charge in [-0.15, -0.1) is 11.3 Å². The van der Waals surface area contributed by atoms with E-state index in [-0.39, 0.29) is 47.2 Å². The van der Waals surface area contributed by atoms with Crippen LogP contribution in [0.1, 0.15) is 36.5 Å². The van der Waals surface area contributed by atoms with Gasteiger partial charge in [-0.1, -0.05) is 12.2 Å². The number of anilines is 1. The van der Waals surface area contributed by atoms with E-state index < -0.39 is 23.9 Å². The molecule has 3 rings (SSSR count). The summed E-state index contributed by atoms with van der Waals surface area (Å²) >= 11 is 1.12. The van der Waals surface area contributed by atoms with Gasteiger partial charge in [-0.25, -0.2) is 0 Å². The van der Waals surface area contributed by atoms with Crippen molar-refractivity contribution in [3.05, 3.63) is 29.2 Å². The zero-order valence-corrected chi connectivity index (χ0v) is 16.6. The fraction of sp³-hybridized carbons (Fsp3) is 0.421. The number of hydrogen-bond donors (Lipinski definition) is 2. The highest BCUT2D eigenvalue weighted by molar-refractivity contribution is 7.14. The minimum atomic E-state index is -1.12. The van der Waals surface area contributed by atoms with Crippen molar-refractivity contribution in [2.24, 2.45) is 17.6 Å². The van der Waals surface area contributed by atoms with Crippen molar-refractivity contribution in [3.63, 3.8) is 0 Å². The van der Waals surface area contributed by atoms with E-state index in [0.29, 0.717) is 12.8 Å². The first-order valence-electron chi connectivity index (χ1n) is 9.17. The number of thiophene rings is 1. The van der Waals surface area contributed by atoms with Crippen molar-refractivity contribution in [2.45, 2.75) is 32.3 Å². The molecule has 9 nitrogen and oxygen atoms in total. The maximum atomic E-state index is 12.4. The number of hydrogen-bond acceptors (Lipinski definition) is 7. The average molecular weight is 419 g/mol. The lowest BCUT2D eigenvalue weighted by molar-refractivity contribution is -0.154. The third-order valence-corrected chi connectivity index (χ3v) is 5.81. The fourth-order valence-electron chi connectivity index (χ4n) is 3.42. The Kier molecular flexibility index (Phi) is 6.12. The summed E-state index contributed by atoms with van der Waals surface area (Å²) in [5.41, 5.74) is 5.39. The molecule has 0 saturated carbocycles. The summed E-state index contributed by atoms with van der Waals surface area (Å²) in [5, 5.41) is 4.37. The van der Waals surface area contributed by atoms with Crippen LogP contribution < -0.4 is 11.1 Å². The monoisotopic (exact) mass is 419 g/mol. The van der Waals surface area contributed by atoms with Crippen molar-refractivity contribution in [1.29, 1.82) is 0 Å². The molecule has 3 N–H and O–H groups in total. The topological polar surface area (TPSA) is 136 Å². The second-order valence-electron chi connectivity index (χ2n) is 6.88. The van der Waals surface area contributed by atoms with Crippen molar-refractivity contribution in [1.82, 2.24) is 4.90 Å². The van der Waals surface area contributed by atoms with Crippen LogP contribution in [0.2, 0.25) is 0 Å². The van der Waals surface area contributed by atoms with Crippen molar-refractivity contribution in [2.75, 3.05) is 11.9 Å². The molecule has 1 fully saturated rings. The molecule has 154 valence electrons. The average Bonchev–Trinajstić information content (AvgIpc) is 3.24. The lowest BCUT2D eigenvalue weighted by atomic mass is 9.85. The van der Waals surface area contributed by atoms with Gasteiger partial charge in [0.25, 0.3) is 11.8 Å². The van der Waals surface area contributed by atoms with Crippen LogP contribution >= 0.6 is 11.3 Å². The molecule has 1 saturated heterocycles. The molecule has 0 spiro atoms. The molecular weight excluding hydrogens is 398 g/mol. The van der Waals surface area contributed by atoms with E-state index in [1.165, 1.54) is 13.0 Å². The number of primary amides is 1. The van der Waals surface area contributed by atoms with Crippen molar-refractivity contribution < 1.29 is 28.7 Å². The molecule has 1 aliphatic carbocycles. The van der Waals surface area contributed by atoms with Gasteiger partial charge in [-0.05, 0) is 31.2 Å². The molecule has 4 amide bonds. The molecule has 0 unspecified atom stereocenters. The zero-order valence-electron chi connectivity index (χ0n) is 15.8. The number of carbonyl (C=O) groups is 5. The van der Waals surface area contributed by atoms with Crippen LogP contribution in [0.25, 0.3) is 0 Å². The molecule has 2 aliphatic rings. The molecule has 2 heterocycles. The van der Waals surface area contributed by atoms with Gasteiger partial charge in [-0.3, -0.25) is 28.9 Å². The van der Waals surface area contributed by atoms with Crippen LogP contribution in [0, 0.1) is 11.8 Å². The number of nitrogens with zero attached hydrogens (tertiary/aromatic N) is 1. The van der Waals surface area contributed by atoms with Crippen LogP contribution in [-0.4, -0.2) is 47.1 Å². The second-order valence-corrected chi connectivity index (χ2v) is 7.80. The maximum Gasteiger partial charge on any atom is 0.308 e. The van der Waals surface area contributed by atoms with Crippen LogP contribution in [0.5, 0.6) is 0 Å². The van der Waals surface area contributed by atoms with E-state index in [1.807, 2.05) is 12.2 Å². The van der Waals surface area contributed by atoms with Crippen molar-refractivity contribution >= 4 is 45.9 Å². The number of ether oxygens (including phenoxy) is 1. The Bertz CT molecular complexity index is 866. The molecule has 1 aromatic heterocycles. The van der Waals surface area contributed by atoms with Gasteiger partial charge in [0.15, 0.2) is 6.10 Å². The zero-order chi connectivity index (χ0) is 21.1. The van der Waals surface area contributed by atoms with Crippen LogP contribution in [0.3, 0.4) is 0 Å². The molecule has 10 heteroatoms. The number of esters is 1. The number of imide groups is 1. The first-order chi connectivity index (χ1) is 13.8. The quantitative estimate of drug-likeness (QED) is 0.385. The summed E-state index contributed by atoms with van der Waals surface area (Å²) in [6.07, 6.45) is 3.52. The van der Waals surface area contributed by atoms with E-state index in [2.05, 4.69) is 5.32 Å². The summed E-state index contributed by atoms with van der Waals surface area (Å²) < 4.78 is 5.09. The van der Waals surface area contributed by atoms with Crippen LogP contribution in [0.15, 0.2) is 23.6 Å². The SMILES string of the molecule is C[C@H](OC(=O)CCN1C(=O)[C@H]2CC=CC[C@H]2C1=O)C(=O)Nc1sccc1C(N)=O. The number of allylic oxidation sites excluding steroid dienone is 2. The number of rotatable bonds is 7. The molecule has 0 bridgehead atoms. The molecule has 1 aromatic rings. The van der Waals surface area contributed by atoms with Crippen LogP contribution in [-0.2, 0) is 23.9 Å². The minimum Gasteiger partial charge on any atom is -0.452 e. The van der Waals surface area contributed by atoms with Gasteiger partial charge in [0.05, 0.1) is 23.8 Å². The van der Waals surface area contributed by atoms with Gasteiger partial charge in [-0.2, -0.15) is 0 Å².